The van der Waals surface area contributed by atoms with Gasteiger partial charge in [-0.1, -0.05) is 48.0 Å². The van der Waals surface area contributed by atoms with Crippen LogP contribution in [0.5, 0.6) is 0 Å². The van der Waals surface area contributed by atoms with E-state index in [-0.39, 0.29) is 23.8 Å². The van der Waals surface area contributed by atoms with Crippen molar-refractivity contribution in [1.29, 1.82) is 0 Å². The van der Waals surface area contributed by atoms with Crippen LogP contribution in [0, 0.1) is 6.92 Å². The van der Waals surface area contributed by atoms with Crippen molar-refractivity contribution in [2.24, 2.45) is 0 Å². The summed E-state index contributed by atoms with van der Waals surface area (Å²) in [7, 11) is -3.83. The van der Waals surface area contributed by atoms with Crippen LogP contribution in [0.25, 0.3) is 0 Å². The maximum absolute atomic E-state index is 12.4. The molecule has 1 aliphatic rings. The molecule has 0 saturated carbocycles. The van der Waals surface area contributed by atoms with Crippen molar-refractivity contribution < 1.29 is 17.7 Å². The Labute approximate surface area is 161 Å². The van der Waals surface area contributed by atoms with Gasteiger partial charge in [0.15, 0.2) is 0 Å². The number of fused-ring (bicyclic) bond motifs is 1. The van der Waals surface area contributed by atoms with Crippen LogP contribution in [0.2, 0.25) is 0 Å². The average Bonchev–Trinajstić information content (AvgIpc) is 2.64. The van der Waals surface area contributed by atoms with E-state index in [1.165, 1.54) is 17.7 Å². The first-order chi connectivity index (χ1) is 12.9. The number of hydrogen-bond acceptors (Lipinski definition) is 4. The average molecular weight is 387 g/mol. The summed E-state index contributed by atoms with van der Waals surface area (Å²) in [5, 5.41) is 11.3. The summed E-state index contributed by atoms with van der Waals surface area (Å²) in [5.41, 5.74) is 2.33. The number of aryl methyl sites for hydroxylation is 2. The zero-order valence-electron chi connectivity index (χ0n) is 15.6. The second kappa shape index (κ2) is 7.97. The number of hydrogen-bond donors (Lipinski definition) is 1. The zero-order valence-corrected chi connectivity index (χ0v) is 16.4. The highest BCUT2D eigenvalue weighted by Crippen LogP contribution is 2.43. The van der Waals surface area contributed by atoms with Crippen molar-refractivity contribution in [2.45, 2.75) is 49.0 Å². The molecule has 0 aliphatic heterocycles. The Morgan fingerprint density at radius 1 is 1.22 bits per heavy atom. The molecule has 144 valence electrons. The molecule has 2 atom stereocenters. The number of allylic oxidation sites excluding steroid dienone is 1. The molecule has 0 spiro atoms. The fraction of sp³-hybridized carbons (Fsp3) is 0.364. The highest BCUT2D eigenvalue weighted by atomic mass is 32.2. The van der Waals surface area contributed by atoms with Crippen molar-refractivity contribution in [3.63, 3.8) is 0 Å². The van der Waals surface area contributed by atoms with Crippen LogP contribution in [-0.4, -0.2) is 25.7 Å². The molecule has 0 radical (unpaired) electrons. The molecule has 2 aromatic rings. The highest BCUT2D eigenvalue weighted by molar-refractivity contribution is 7.86. The van der Waals surface area contributed by atoms with Crippen molar-refractivity contribution in [3.8, 4) is 0 Å². The van der Waals surface area contributed by atoms with Crippen LogP contribution in [0.1, 0.15) is 41.9 Å². The predicted molar refractivity (Wildman–Crippen MR) is 106 cm³/mol. The topological polar surface area (TPSA) is 63.6 Å². The van der Waals surface area contributed by atoms with Crippen molar-refractivity contribution >= 4 is 10.1 Å². The Hall–Kier alpha value is -1.95. The van der Waals surface area contributed by atoms with E-state index in [2.05, 4.69) is 12.6 Å². The van der Waals surface area contributed by atoms with Gasteiger partial charge in [-0.05, 0) is 49.4 Å². The summed E-state index contributed by atoms with van der Waals surface area (Å²) in [6.45, 7) is 5.66. The lowest BCUT2D eigenvalue weighted by atomic mass is 9.69. The minimum absolute atomic E-state index is 0.0531. The van der Waals surface area contributed by atoms with Gasteiger partial charge in [0, 0.05) is 12.3 Å². The van der Waals surface area contributed by atoms with Crippen LogP contribution in [0.4, 0.5) is 0 Å². The Bertz CT molecular complexity index is 902. The largest absolute Gasteiger partial charge is 0.389 e. The summed E-state index contributed by atoms with van der Waals surface area (Å²) >= 11 is 0. The lowest BCUT2D eigenvalue weighted by Gasteiger charge is -2.41. The lowest BCUT2D eigenvalue weighted by Crippen LogP contribution is -2.41. The molecule has 4 nitrogen and oxygen atoms in total. The molecule has 2 aromatic carbocycles. The van der Waals surface area contributed by atoms with Gasteiger partial charge < -0.3 is 5.11 Å². The summed E-state index contributed by atoms with van der Waals surface area (Å²) in [6, 6.07) is 14.7. The summed E-state index contributed by atoms with van der Waals surface area (Å²) in [6.07, 6.45) is 4.05. The van der Waals surface area contributed by atoms with Crippen molar-refractivity contribution in [2.75, 3.05) is 6.61 Å². The van der Waals surface area contributed by atoms with Gasteiger partial charge in [0.1, 0.15) is 0 Å². The van der Waals surface area contributed by atoms with Gasteiger partial charge in [0.05, 0.1) is 17.1 Å². The number of rotatable bonds is 7. The molecular weight excluding hydrogens is 360 g/mol. The molecule has 5 heteroatoms. The summed E-state index contributed by atoms with van der Waals surface area (Å²) < 4.78 is 30.0. The van der Waals surface area contributed by atoms with Crippen molar-refractivity contribution in [1.82, 2.24) is 0 Å². The van der Waals surface area contributed by atoms with Crippen LogP contribution < -0.4 is 0 Å². The minimum atomic E-state index is -3.83. The molecule has 0 saturated heterocycles. The second-order valence-electron chi connectivity index (χ2n) is 7.22. The van der Waals surface area contributed by atoms with Gasteiger partial charge in [-0.25, -0.2) is 0 Å². The first-order valence-corrected chi connectivity index (χ1v) is 10.6. The van der Waals surface area contributed by atoms with E-state index in [9.17, 15) is 13.5 Å². The van der Waals surface area contributed by atoms with Crippen LogP contribution in [0.3, 0.4) is 0 Å². The molecule has 0 unspecified atom stereocenters. The van der Waals surface area contributed by atoms with Crippen molar-refractivity contribution in [3.05, 3.63) is 77.9 Å². The van der Waals surface area contributed by atoms with Crippen LogP contribution >= 0.6 is 0 Å². The van der Waals surface area contributed by atoms with Gasteiger partial charge in [-0.15, -0.1) is 6.58 Å². The Kier molecular flexibility index (Phi) is 5.84. The maximum atomic E-state index is 12.4. The first kappa shape index (κ1) is 19.8. The summed E-state index contributed by atoms with van der Waals surface area (Å²) in [4.78, 5) is 0.136. The molecule has 0 aromatic heterocycles. The monoisotopic (exact) mass is 386 g/mol. The minimum Gasteiger partial charge on any atom is -0.389 e. The van der Waals surface area contributed by atoms with Gasteiger partial charge in [-0.2, -0.15) is 8.42 Å². The van der Waals surface area contributed by atoms with E-state index in [1.807, 2.05) is 31.2 Å². The standard InChI is InChI=1S/C22H26O4S/c1-3-6-21-20-8-5-4-7-18(20)13-14-22(21,23)15-16-26-27(24,25)19-11-9-17(2)10-12-19/h3-5,7-12,21,23H,1,6,13-16H2,2H3/t21-,22+/m0/s1. The van der Waals surface area contributed by atoms with E-state index in [0.29, 0.717) is 12.8 Å². The molecule has 0 bridgehead atoms. The predicted octanol–water partition coefficient (Wildman–Crippen LogP) is 4.13. The van der Waals surface area contributed by atoms with E-state index < -0.39 is 15.7 Å². The Balaban J connectivity index is 1.72. The normalized spacial score (nSPS) is 22.2. The Morgan fingerprint density at radius 3 is 2.63 bits per heavy atom. The number of aliphatic hydroxyl groups is 1. The van der Waals surface area contributed by atoms with E-state index in [0.717, 1.165) is 17.5 Å². The van der Waals surface area contributed by atoms with E-state index >= 15 is 0 Å². The molecule has 0 amide bonds. The smallest absolute Gasteiger partial charge is 0.296 e. The van der Waals surface area contributed by atoms with E-state index in [1.54, 1.807) is 12.1 Å². The fourth-order valence-corrected chi connectivity index (χ4v) is 4.74. The SMILES string of the molecule is C=CC[C@H]1c2ccccc2CC[C@@]1(O)CCOS(=O)(=O)c1ccc(C)cc1. The van der Waals surface area contributed by atoms with Crippen LogP contribution in [-0.2, 0) is 20.7 Å². The molecular formula is C22H26O4S. The molecule has 1 N–H and O–H groups in total. The zero-order chi connectivity index (χ0) is 19.5. The molecule has 0 heterocycles. The lowest BCUT2D eigenvalue weighted by molar-refractivity contribution is -0.0190. The quantitative estimate of drug-likeness (QED) is 0.574. The summed E-state index contributed by atoms with van der Waals surface area (Å²) in [5.74, 6) is -0.106. The highest BCUT2D eigenvalue weighted by Gasteiger charge is 2.40. The third-order valence-corrected chi connectivity index (χ3v) is 6.72. The second-order valence-corrected chi connectivity index (χ2v) is 8.83. The molecule has 27 heavy (non-hydrogen) atoms. The van der Waals surface area contributed by atoms with Gasteiger partial charge in [0.25, 0.3) is 10.1 Å². The van der Waals surface area contributed by atoms with Gasteiger partial charge >= 0.3 is 0 Å². The van der Waals surface area contributed by atoms with Crippen LogP contribution in [0.15, 0.2) is 66.1 Å². The molecule has 0 fully saturated rings. The third kappa shape index (κ3) is 4.32. The molecule has 3 rings (SSSR count). The fourth-order valence-electron chi connectivity index (χ4n) is 3.83. The van der Waals surface area contributed by atoms with Gasteiger partial charge in [-0.3, -0.25) is 4.18 Å². The first-order valence-electron chi connectivity index (χ1n) is 9.23. The number of benzene rings is 2. The Morgan fingerprint density at radius 2 is 1.93 bits per heavy atom. The molecule has 1 aliphatic carbocycles. The van der Waals surface area contributed by atoms with E-state index in [4.69, 9.17) is 4.18 Å². The maximum Gasteiger partial charge on any atom is 0.296 e. The third-order valence-electron chi connectivity index (χ3n) is 5.39. The van der Waals surface area contributed by atoms with Gasteiger partial charge in [0.2, 0.25) is 0 Å².